The lowest BCUT2D eigenvalue weighted by atomic mass is 10.1. The van der Waals surface area contributed by atoms with Crippen LogP contribution in [0, 0.1) is 5.92 Å². The maximum absolute atomic E-state index is 3.54. The monoisotopic (exact) mass is 268 g/mol. The van der Waals surface area contributed by atoms with E-state index >= 15 is 0 Å². The molecule has 106 valence electrons. The smallest absolute Gasteiger partial charge is 0.0385 e. The molecule has 0 fully saturated rings. The fourth-order valence-electron chi connectivity index (χ4n) is 2.39. The molecule has 0 amide bonds. The zero-order valence-electron chi connectivity index (χ0n) is 12.6. The SMILES string of the molecule is CC(C)C[C@@H](C)Nc1ccc(Nc2ccccc2)cc1. The third-order valence-corrected chi connectivity index (χ3v) is 3.19. The zero-order valence-corrected chi connectivity index (χ0v) is 12.6. The molecule has 0 heterocycles. The Morgan fingerprint density at radius 1 is 0.750 bits per heavy atom. The second-order valence-electron chi connectivity index (χ2n) is 5.74. The van der Waals surface area contributed by atoms with E-state index in [9.17, 15) is 0 Å². The highest BCUT2D eigenvalue weighted by Crippen LogP contribution is 2.19. The molecule has 0 radical (unpaired) electrons. The van der Waals surface area contributed by atoms with Crippen molar-refractivity contribution >= 4 is 17.1 Å². The molecule has 0 unspecified atom stereocenters. The number of benzene rings is 2. The summed E-state index contributed by atoms with van der Waals surface area (Å²) in [5.41, 5.74) is 3.40. The van der Waals surface area contributed by atoms with Crippen LogP contribution in [-0.2, 0) is 0 Å². The van der Waals surface area contributed by atoms with E-state index < -0.39 is 0 Å². The van der Waals surface area contributed by atoms with Crippen molar-refractivity contribution in [2.75, 3.05) is 10.6 Å². The van der Waals surface area contributed by atoms with Crippen molar-refractivity contribution < 1.29 is 0 Å². The Hall–Kier alpha value is -1.96. The van der Waals surface area contributed by atoms with Crippen molar-refractivity contribution in [1.29, 1.82) is 0 Å². The lowest BCUT2D eigenvalue weighted by molar-refractivity contribution is 0.540. The molecule has 0 aliphatic rings. The summed E-state index contributed by atoms with van der Waals surface area (Å²) in [6, 6.07) is 19.2. The van der Waals surface area contributed by atoms with E-state index in [1.54, 1.807) is 0 Å². The first-order valence-corrected chi connectivity index (χ1v) is 7.32. The standard InChI is InChI=1S/C18H24N2/c1-14(2)13-15(3)19-17-9-11-18(12-10-17)20-16-7-5-4-6-8-16/h4-12,14-15,19-20H,13H2,1-3H3/t15-/m1/s1. The Morgan fingerprint density at radius 2 is 1.30 bits per heavy atom. The third-order valence-electron chi connectivity index (χ3n) is 3.19. The second kappa shape index (κ2) is 6.99. The van der Waals surface area contributed by atoms with Crippen molar-refractivity contribution in [3.63, 3.8) is 0 Å². The van der Waals surface area contributed by atoms with Crippen LogP contribution >= 0.6 is 0 Å². The van der Waals surface area contributed by atoms with Gasteiger partial charge < -0.3 is 10.6 Å². The van der Waals surface area contributed by atoms with Gasteiger partial charge in [0.25, 0.3) is 0 Å². The number of nitrogens with one attached hydrogen (secondary N) is 2. The highest BCUT2D eigenvalue weighted by molar-refractivity contribution is 5.62. The van der Waals surface area contributed by atoms with Gasteiger partial charge in [0, 0.05) is 23.1 Å². The van der Waals surface area contributed by atoms with Crippen molar-refractivity contribution in [3.8, 4) is 0 Å². The normalized spacial score (nSPS) is 12.2. The third kappa shape index (κ3) is 4.61. The number of hydrogen-bond donors (Lipinski definition) is 2. The minimum absolute atomic E-state index is 0.503. The number of rotatable bonds is 6. The van der Waals surface area contributed by atoms with Gasteiger partial charge in [-0.2, -0.15) is 0 Å². The lowest BCUT2D eigenvalue weighted by Gasteiger charge is -2.17. The van der Waals surface area contributed by atoms with Crippen molar-refractivity contribution in [2.24, 2.45) is 5.92 Å². The summed E-state index contributed by atoms with van der Waals surface area (Å²) in [6.07, 6.45) is 1.18. The molecule has 2 heteroatoms. The topological polar surface area (TPSA) is 24.1 Å². The van der Waals surface area contributed by atoms with E-state index in [2.05, 4.69) is 67.8 Å². The van der Waals surface area contributed by atoms with Gasteiger partial charge >= 0.3 is 0 Å². The lowest BCUT2D eigenvalue weighted by Crippen LogP contribution is -2.17. The molecule has 2 aromatic rings. The fourth-order valence-corrected chi connectivity index (χ4v) is 2.39. The highest BCUT2D eigenvalue weighted by Gasteiger charge is 2.04. The van der Waals surface area contributed by atoms with Gasteiger partial charge in [0.2, 0.25) is 0 Å². The van der Waals surface area contributed by atoms with Gasteiger partial charge in [-0.25, -0.2) is 0 Å². The molecular formula is C18H24N2. The minimum atomic E-state index is 0.503. The summed E-state index contributed by atoms with van der Waals surface area (Å²) < 4.78 is 0. The largest absolute Gasteiger partial charge is 0.383 e. The van der Waals surface area contributed by atoms with Crippen LogP contribution in [0.25, 0.3) is 0 Å². The molecule has 20 heavy (non-hydrogen) atoms. The molecule has 2 N–H and O–H groups in total. The van der Waals surface area contributed by atoms with Crippen LogP contribution in [0.3, 0.4) is 0 Å². The van der Waals surface area contributed by atoms with Crippen molar-refractivity contribution in [1.82, 2.24) is 0 Å². The van der Waals surface area contributed by atoms with E-state index in [4.69, 9.17) is 0 Å². The molecule has 2 nitrogen and oxygen atoms in total. The molecule has 0 aliphatic carbocycles. The molecule has 0 aromatic heterocycles. The zero-order chi connectivity index (χ0) is 14.4. The van der Waals surface area contributed by atoms with Crippen LogP contribution in [0.2, 0.25) is 0 Å². The first kappa shape index (κ1) is 14.4. The highest BCUT2D eigenvalue weighted by atomic mass is 14.9. The van der Waals surface area contributed by atoms with Crippen LogP contribution < -0.4 is 10.6 Å². The fraction of sp³-hybridized carbons (Fsp3) is 0.333. The van der Waals surface area contributed by atoms with Gasteiger partial charge in [-0.15, -0.1) is 0 Å². The van der Waals surface area contributed by atoms with E-state index in [0.717, 1.165) is 17.3 Å². The quantitative estimate of drug-likeness (QED) is 0.745. The summed E-state index contributed by atoms with van der Waals surface area (Å²) in [5.74, 6) is 0.719. The summed E-state index contributed by atoms with van der Waals surface area (Å²) in [5, 5.41) is 6.93. The Labute approximate surface area is 122 Å². The van der Waals surface area contributed by atoms with Crippen molar-refractivity contribution in [2.45, 2.75) is 33.2 Å². The Morgan fingerprint density at radius 3 is 1.90 bits per heavy atom. The Bertz CT molecular complexity index is 503. The second-order valence-corrected chi connectivity index (χ2v) is 5.74. The summed E-state index contributed by atoms with van der Waals surface area (Å²) >= 11 is 0. The molecule has 0 bridgehead atoms. The van der Waals surface area contributed by atoms with Gasteiger partial charge in [-0.1, -0.05) is 32.0 Å². The molecular weight excluding hydrogens is 244 g/mol. The van der Waals surface area contributed by atoms with E-state index in [1.165, 1.54) is 12.1 Å². The molecule has 0 saturated heterocycles. The first-order valence-electron chi connectivity index (χ1n) is 7.32. The maximum atomic E-state index is 3.54. The average molecular weight is 268 g/mol. The predicted octanol–water partition coefficient (Wildman–Crippen LogP) is 5.28. The van der Waals surface area contributed by atoms with E-state index in [-0.39, 0.29) is 0 Å². The molecule has 2 aromatic carbocycles. The summed E-state index contributed by atoms with van der Waals surface area (Å²) in [4.78, 5) is 0. The molecule has 1 atom stereocenters. The predicted molar refractivity (Wildman–Crippen MR) is 88.7 cm³/mol. The van der Waals surface area contributed by atoms with Crippen LogP contribution in [0.1, 0.15) is 27.2 Å². The summed E-state index contributed by atoms with van der Waals surface area (Å²) in [7, 11) is 0. The van der Waals surface area contributed by atoms with Crippen LogP contribution in [0.5, 0.6) is 0 Å². The number of anilines is 3. The van der Waals surface area contributed by atoms with E-state index in [1.807, 2.05) is 18.2 Å². The Kier molecular flexibility index (Phi) is 5.05. The molecule has 0 saturated carbocycles. The van der Waals surface area contributed by atoms with Crippen LogP contribution in [-0.4, -0.2) is 6.04 Å². The molecule has 0 aliphatic heterocycles. The Balaban J connectivity index is 1.93. The van der Waals surface area contributed by atoms with Gasteiger partial charge in [0.1, 0.15) is 0 Å². The maximum Gasteiger partial charge on any atom is 0.0385 e. The van der Waals surface area contributed by atoms with E-state index in [0.29, 0.717) is 6.04 Å². The summed E-state index contributed by atoms with van der Waals surface area (Å²) in [6.45, 7) is 6.74. The van der Waals surface area contributed by atoms with Gasteiger partial charge in [0.15, 0.2) is 0 Å². The van der Waals surface area contributed by atoms with Gasteiger partial charge in [-0.05, 0) is 55.7 Å². The van der Waals surface area contributed by atoms with Crippen LogP contribution in [0.4, 0.5) is 17.1 Å². The first-order chi connectivity index (χ1) is 9.63. The average Bonchev–Trinajstić information content (AvgIpc) is 2.41. The van der Waals surface area contributed by atoms with Crippen molar-refractivity contribution in [3.05, 3.63) is 54.6 Å². The minimum Gasteiger partial charge on any atom is -0.383 e. The number of para-hydroxylation sites is 1. The van der Waals surface area contributed by atoms with Crippen LogP contribution in [0.15, 0.2) is 54.6 Å². The van der Waals surface area contributed by atoms with Gasteiger partial charge in [-0.3, -0.25) is 0 Å². The molecule has 2 rings (SSSR count). The van der Waals surface area contributed by atoms with Gasteiger partial charge in [0.05, 0.1) is 0 Å². The number of hydrogen-bond acceptors (Lipinski definition) is 2. The molecule has 0 spiro atoms.